The molecule has 1 aromatic carbocycles. The van der Waals surface area contributed by atoms with Crippen molar-refractivity contribution in [3.63, 3.8) is 0 Å². The molecule has 1 aliphatic rings. The Hall–Kier alpha value is -1.88. The van der Waals surface area contributed by atoms with Gasteiger partial charge in [0.15, 0.2) is 0 Å². The number of aliphatic hydroxyl groups excluding tert-OH is 1. The number of benzene rings is 1. The third-order valence-corrected chi connectivity index (χ3v) is 4.22. The van der Waals surface area contributed by atoms with Crippen molar-refractivity contribution in [3.8, 4) is 0 Å². The Labute approximate surface area is 137 Å². The zero-order chi connectivity index (χ0) is 17.0. The number of aryl methyl sites for hydroxylation is 1. The van der Waals surface area contributed by atoms with Crippen LogP contribution in [0, 0.1) is 12.8 Å². The van der Waals surface area contributed by atoms with Crippen molar-refractivity contribution in [1.29, 1.82) is 0 Å². The van der Waals surface area contributed by atoms with Crippen molar-refractivity contribution < 1.29 is 14.7 Å². The molecule has 3 atom stereocenters. The minimum atomic E-state index is -0.937. The Kier molecular flexibility index (Phi) is 5.77. The number of hydrogen-bond acceptors (Lipinski definition) is 3. The van der Waals surface area contributed by atoms with Crippen LogP contribution in [0.15, 0.2) is 24.3 Å². The summed E-state index contributed by atoms with van der Waals surface area (Å²) in [4.78, 5) is 24.4. The van der Waals surface area contributed by atoms with Crippen molar-refractivity contribution in [2.45, 2.75) is 58.2 Å². The molecule has 1 aliphatic carbocycles. The van der Waals surface area contributed by atoms with Gasteiger partial charge in [0.1, 0.15) is 6.04 Å². The molecule has 1 fully saturated rings. The first-order valence-corrected chi connectivity index (χ1v) is 8.27. The smallest absolute Gasteiger partial charge is 0.245 e. The van der Waals surface area contributed by atoms with Crippen LogP contribution >= 0.6 is 0 Å². The summed E-state index contributed by atoms with van der Waals surface area (Å²) in [5.41, 5.74) is 2.18. The van der Waals surface area contributed by atoms with Gasteiger partial charge in [-0.3, -0.25) is 9.59 Å². The maximum atomic E-state index is 12.5. The molecular weight excluding hydrogens is 292 g/mol. The zero-order valence-corrected chi connectivity index (χ0v) is 14.0. The molecule has 0 bridgehead atoms. The number of hydrogen-bond donors (Lipinski definition) is 3. The monoisotopic (exact) mass is 318 g/mol. The molecule has 0 aromatic heterocycles. The van der Waals surface area contributed by atoms with Gasteiger partial charge in [-0.05, 0) is 38.7 Å². The third-order valence-electron chi connectivity index (χ3n) is 4.22. The van der Waals surface area contributed by atoms with Crippen LogP contribution in [0.2, 0.25) is 0 Å². The molecular formula is C18H26N2O3. The van der Waals surface area contributed by atoms with Gasteiger partial charge in [0.2, 0.25) is 11.8 Å². The molecule has 5 heteroatoms. The molecule has 0 heterocycles. The van der Waals surface area contributed by atoms with E-state index in [2.05, 4.69) is 10.6 Å². The lowest BCUT2D eigenvalue weighted by Gasteiger charge is -2.25. The van der Waals surface area contributed by atoms with Crippen LogP contribution in [0.25, 0.3) is 0 Å². The molecule has 0 radical (unpaired) electrons. The van der Waals surface area contributed by atoms with Crippen LogP contribution in [0.1, 0.15) is 50.3 Å². The summed E-state index contributed by atoms with van der Waals surface area (Å²) in [6.07, 6.45) is 1.52. The molecule has 1 saturated carbocycles. The lowest BCUT2D eigenvalue weighted by molar-refractivity contribution is -0.132. The lowest BCUT2D eigenvalue weighted by Crippen LogP contribution is -2.53. The standard InChI is InChI=1S/C18H26N2O3/c1-4-15(13-7-5-11(2)6-8-13)19-18(23)16(12(3)21)20-17(22)14-9-10-14/h5-8,12,14-16,21H,4,9-10H2,1-3H3,(H,19,23)(H,20,22). The van der Waals surface area contributed by atoms with Gasteiger partial charge in [0.25, 0.3) is 0 Å². The van der Waals surface area contributed by atoms with E-state index in [1.54, 1.807) is 0 Å². The minimum absolute atomic E-state index is 0.00289. The fraction of sp³-hybridized carbons (Fsp3) is 0.556. The molecule has 126 valence electrons. The van der Waals surface area contributed by atoms with E-state index in [1.165, 1.54) is 6.92 Å². The summed E-state index contributed by atoms with van der Waals surface area (Å²) < 4.78 is 0. The number of carbonyl (C=O) groups is 2. The van der Waals surface area contributed by atoms with Crippen molar-refractivity contribution in [2.75, 3.05) is 0 Å². The summed E-state index contributed by atoms with van der Waals surface area (Å²) in [6, 6.07) is 6.94. The predicted octanol–water partition coefficient (Wildman–Crippen LogP) is 1.84. The summed E-state index contributed by atoms with van der Waals surface area (Å²) in [6.45, 7) is 5.52. The average molecular weight is 318 g/mol. The van der Waals surface area contributed by atoms with Crippen molar-refractivity contribution >= 4 is 11.8 Å². The molecule has 0 aliphatic heterocycles. The SMILES string of the molecule is CCC(NC(=O)C(NC(=O)C1CC1)C(C)O)c1ccc(C)cc1. The second kappa shape index (κ2) is 7.59. The Bertz CT molecular complexity index is 550. The molecule has 0 spiro atoms. The van der Waals surface area contributed by atoms with E-state index >= 15 is 0 Å². The first-order valence-electron chi connectivity index (χ1n) is 8.27. The van der Waals surface area contributed by atoms with Crippen LogP contribution in [-0.4, -0.2) is 29.1 Å². The van der Waals surface area contributed by atoms with Gasteiger partial charge in [0.05, 0.1) is 12.1 Å². The lowest BCUT2D eigenvalue weighted by atomic mass is 10.0. The molecule has 1 aromatic rings. The zero-order valence-electron chi connectivity index (χ0n) is 14.0. The maximum Gasteiger partial charge on any atom is 0.245 e. The largest absolute Gasteiger partial charge is 0.391 e. The van der Waals surface area contributed by atoms with Gasteiger partial charge >= 0.3 is 0 Å². The average Bonchev–Trinajstić information content (AvgIpc) is 3.35. The molecule has 3 N–H and O–H groups in total. The van der Waals surface area contributed by atoms with Crippen LogP contribution in [0.3, 0.4) is 0 Å². The normalized spacial score (nSPS) is 17.9. The predicted molar refractivity (Wildman–Crippen MR) is 88.7 cm³/mol. The quantitative estimate of drug-likeness (QED) is 0.718. The van der Waals surface area contributed by atoms with Gasteiger partial charge < -0.3 is 15.7 Å². The van der Waals surface area contributed by atoms with Gasteiger partial charge in [-0.2, -0.15) is 0 Å². The van der Waals surface area contributed by atoms with Crippen LogP contribution in [-0.2, 0) is 9.59 Å². The van der Waals surface area contributed by atoms with Crippen molar-refractivity contribution in [3.05, 3.63) is 35.4 Å². The summed E-state index contributed by atoms with van der Waals surface area (Å²) >= 11 is 0. The molecule has 0 saturated heterocycles. The van der Waals surface area contributed by atoms with Crippen LogP contribution < -0.4 is 10.6 Å². The Morgan fingerprint density at radius 3 is 2.30 bits per heavy atom. The number of nitrogens with one attached hydrogen (secondary N) is 2. The van der Waals surface area contributed by atoms with Gasteiger partial charge in [-0.15, -0.1) is 0 Å². The van der Waals surface area contributed by atoms with E-state index in [1.807, 2.05) is 38.1 Å². The highest BCUT2D eigenvalue weighted by Crippen LogP contribution is 2.29. The number of amides is 2. The first kappa shape index (κ1) is 17.5. The summed E-state index contributed by atoms with van der Waals surface area (Å²) in [5.74, 6) is -0.487. The molecule has 2 amide bonds. The molecule has 5 nitrogen and oxygen atoms in total. The van der Waals surface area contributed by atoms with E-state index in [0.29, 0.717) is 0 Å². The van der Waals surface area contributed by atoms with Gasteiger partial charge in [-0.25, -0.2) is 0 Å². The topological polar surface area (TPSA) is 78.4 Å². The molecule has 23 heavy (non-hydrogen) atoms. The highest BCUT2D eigenvalue weighted by atomic mass is 16.3. The van der Waals surface area contributed by atoms with E-state index < -0.39 is 12.1 Å². The van der Waals surface area contributed by atoms with Crippen LogP contribution in [0.5, 0.6) is 0 Å². The Balaban J connectivity index is 2.03. The van der Waals surface area contributed by atoms with Crippen molar-refractivity contribution in [1.82, 2.24) is 10.6 Å². The number of aliphatic hydroxyl groups is 1. The second-order valence-corrected chi connectivity index (χ2v) is 6.38. The second-order valence-electron chi connectivity index (χ2n) is 6.38. The Morgan fingerprint density at radius 2 is 1.83 bits per heavy atom. The molecule has 3 unspecified atom stereocenters. The maximum absolute atomic E-state index is 12.5. The first-order chi connectivity index (χ1) is 10.9. The van der Waals surface area contributed by atoms with E-state index in [4.69, 9.17) is 0 Å². The number of rotatable bonds is 7. The van der Waals surface area contributed by atoms with Crippen molar-refractivity contribution in [2.24, 2.45) is 5.92 Å². The van der Waals surface area contributed by atoms with E-state index in [0.717, 1.165) is 30.4 Å². The summed E-state index contributed by atoms with van der Waals surface area (Å²) in [5, 5.41) is 15.5. The number of carbonyl (C=O) groups excluding carboxylic acids is 2. The molecule has 2 rings (SSSR count). The van der Waals surface area contributed by atoms with Crippen LogP contribution in [0.4, 0.5) is 0 Å². The fourth-order valence-corrected chi connectivity index (χ4v) is 2.50. The van der Waals surface area contributed by atoms with Gasteiger partial charge in [0, 0.05) is 5.92 Å². The Morgan fingerprint density at radius 1 is 1.22 bits per heavy atom. The summed E-state index contributed by atoms with van der Waals surface area (Å²) in [7, 11) is 0. The highest BCUT2D eigenvalue weighted by Gasteiger charge is 2.34. The van der Waals surface area contributed by atoms with E-state index in [9.17, 15) is 14.7 Å². The highest BCUT2D eigenvalue weighted by molar-refractivity contribution is 5.90. The third kappa shape index (κ3) is 4.79. The van der Waals surface area contributed by atoms with E-state index in [-0.39, 0.29) is 23.8 Å². The fourth-order valence-electron chi connectivity index (χ4n) is 2.50. The minimum Gasteiger partial charge on any atom is -0.391 e. The van der Waals surface area contributed by atoms with Gasteiger partial charge in [-0.1, -0.05) is 36.8 Å².